The molecular weight excluding hydrogens is 338 g/mol. The lowest BCUT2D eigenvalue weighted by Crippen LogP contribution is -2.08. The highest BCUT2D eigenvalue weighted by molar-refractivity contribution is 9.10. The average molecular weight is 356 g/mol. The number of rotatable bonds is 4. The van der Waals surface area contributed by atoms with Crippen molar-refractivity contribution in [2.24, 2.45) is 0 Å². The number of aromatic nitrogens is 2. The average Bonchev–Trinajstić information content (AvgIpc) is 2.69. The molecule has 1 unspecified atom stereocenters. The van der Waals surface area contributed by atoms with E-state index in [-0.39, 0.29) is 0 Å². The molecule has 0 amide bonds. The molecule has 0 aliphatic heterocycles. The van der Waals surface area contributed by atoms with E-state index >= 15 is 0 Å². The predicted molar refractivity (Wildman–Crippen MR) is 86.0 cm³/mol. The van der Waals surface area contributed by atoms with Gasteiger partial charge >= 0.3 is 0 Å². The second-order valence-electron chi connectivity index (χ2n) is 4.62. The van der Waals surface area contributed by atoms with Crippen LogP contribution < -0.4 is 5.73 Å². The van der Waals surface area contributed by atoms with Crippen LogP contribution in [0, 0.1) is 13.8 Å². The van der Waals surface area contributed by atoms with Crippen molar-refractivity contribution in [1.29, 1.82) is 0 Å². The molecule has 0 bridgehead atoms. The molecule has 1 aromatic heterocycles. The fraction of sp³-hybridized carbons (Fsp3) is 0.357. The second-order valence-corrected chi connectivity index (χ2v) is 6.83. The number of benzene rings is 1. The highest BCUT2D eigenvalue weighted by atomic mass is 79.9. The molecule has 4 nitrogen and oxygen atoms in total. The second kappa shape index (κ2) is 6.10. The summed E-state index contributed by atoms with van der Waals surface area (Å²) in [4.78, 5) is 0.790. The minimum atomic E-state index is -1.14. The Morgan fingerprint density at radius 3 is 2.75 bits per heavy atom. The molecule has 2 aromatic rings. The van der Waals surface area contributed by atoms with Gasteiger partial charge in [0, 0.05) is 17.1 Å². The van der Waals surface area contributed by atoms with Gasteiger partial charge < -0.3 is 5.73 Å². The Kier molecular flexibility index (Phi) is 4.65. The summed E-state index contributed by atoms with van der Waals surface area (Å²) in [5.41, 5.74) is 9.33. The molecule has 0 fully saturated rings. The van der Waals surface area contributed by atoms with Crippen LogP contribution in [0.3, 0.4) is 0 Å². The molecule has 0 spiro atoms. The number of nitrogens with two attached hydrogens (primary N) is 1. The normalized spacial score (nSPS) is 12.6. The Hall–Kier alpha value is -1.14. The summed E-state index contributed by atoms with van der Waals surface area (Å²) in [7, 11) is -1.14. The number of nitrogen functional groups attached to an aromatic ring is 1. The van der Waals surface area contributed by atoms with Crippen LogP contribution in [0.1, 0.15) is 23.9 Å². The van der Waals surface area contributed by atoms with Crippen molar-refractivity contribution in [3.8, 4) is 0 Å². The summed E-state index contributed by atoms with van der Waals surface area (Å²) in [5, 5.41) is 4.43. The van der Waals surface area contributed by atoms with Crippen LogP contribution in [0.4, 0.5) is 5.69 Å². The summed E-state index contributed by atoms with van der Waals surface area (Å²) in [6.45, 7) is 6.63. The molecule has 1 heterocycles. The number of aryl methyl sites for hydroxylation is 2. The minimum Gasteiger partial charge on any atom is -0.398 e. The number of hydrogen-bond donors (Lipinski definition) is 1. The molecule has 6 heteroatoms. The number of anilines is 1. The van der Waals surface area contributed by atoms with Crippen molar-refractivity contribution in [3.63, 3.8) is 0 Å². The van der Waals surface area contributed by atoms with Gasteiger partial charge in [0.1, 0.15) is 0 Å². The molecule has 0 aliphatic rings. The van der Waals surface area contributed by atoms with E-state index in [9.17, 15) is 4.21 Å². The molecule has 0 aliphatic carbocycles. The topological polar surface area (TPSA) is 60.9 Å². The summed E-state index contributed by atoms with van der Waals surface area (Å²) in [5.74, 6) is 0.430. The van der Waals surface area contributed by atoms with Crippen LogP contribution in [-0.4, -0.2) is 14.0 Å². The third-order valence-electron chi connectivity index (χ3n) is 3.29. The van der Waals surface area contributed by atoms with Gasteiger partial charge in [0.15, 0.2) is 0 Å². The monoisotopic (exact) mass is 355 g/mol. The molecule has 108 valence electrons. The molecule has 0 saturated carbocycles. The quantitative estimate of drug-likeness (QED) is 0.856. The minimum absolute atomic E-state index is 0.430. The van der Waals surface area contributed by atoms with Crippen LogP contribution in [0.5, 0.6) is 0 Å². The Morgan fingerprint density at radius 1 is 1.40 bits per heavy atom. The van der Waals surface area contributed by atoms with Crippen molar-refractivity contribution < 1.29 is 4.21 Å². The third-order valence-corrected chi connectivity index (χ3v) is 5.79. The predicted octanol–water partition coefficient (Wildman–Crippen LogP) is 3.17. The van der Waals surface area contributed by atoms with Crippen LogP contribution in [0.2, 0.25) is 0 Å². The van der Waals surface area contributed by atoms with E-state index in [0.29, 0.717) is 11.4 Å². The maximum atomic E-state index is 12.6. The smallest absolute Gasteiger partial charge is 0.0739 e. The van der Waals surface area contributed by atoms with E-state index in [1.807, 2.05) is 43.7 Å². The highest BCUT2D eigenvalue weighted by Gasteiger charge is 2.17. The van der Waals surface area contributed by atoms with Gasteiger partial charge in [0.25, 0.3) is 0 Å². The fourth-order valence-corrected chi connectivity index (χ4v) is 4.08. The van der Waals surface area contributed by atoms with Gasteiger partial charge in [0.05, 0.1) is 32.4 Å². The largest absolute Gasteiger partial charge is 0.398 e. The Morgan fingerprint density at radius 2 is 2.10 bits per heavy atom. The number of nitrogens with zero attached hydrogens (tertiary/aromatic N) is 2. The number of halogens is 1. The van der Waals surface area contributed by atoms with E-state index in [2.05, 4.69) is 21.0 Å². The fourth-order valence-electron chi connectivity index (χ4n) is 2.09. The van der Waals surface area contributed by atoms with Gasteiger partial charge in [-0.1, -0.05) is 6.07 Å². The van der Waals surface area contributed by atoms with Gasteiger partial charge in [-0.2, -0.15) is 5.10 Å². The number of hydrogen-bond acceptors (Lipinski definition) is 3. The first-order valence-electron chi connectivity index (χ1n) is 6.41. The van der Waals surface area contributed by atoms with Gasteiger partial charge in [-0.3, -0.25) is 8.89 Å². The molecule has 2 rings (SSSR count). The van der Waals surface area contributed by atoms with Crippen LogP contribution in [0.25, 0.3) is 0 Å². The lowest BCUT2D eigenvalue weighted by Gasteiger charge is -2.09. The van der Waals surface area contributed by atoms with E-state index in [4.69, 9.17) is 5.73 Å². The van der Waals surface area contributed by atoms with Crippen LogP contribution >= 0.6 is 15.9 Å². The highest BCUT2D eigenvalue weighted by Crippen LogP contribution is 2.26. The summed E-state index contributed by atoms with van der Waals surface area (Å²) < 4.78 is 15.4. The molecule has 2 N–H and O–H groups in total. The van der Waals surface area contributed by atoms with Crippen molar-refractivity contribution >= 4 is 32.4 Å². The van der Waals surface area contributed by atoms with Gasteiger partial charge in [-0.05, 0) is 54.4 Å². The van der Waals surface area contributed by atoms with Gasteiger partial charge in [-0.25, -0.2) is 0 Å². The van der Waals surface area contributed by atoms with Crippen molar-refractivity contribution in [2.45, 2.75) is 38.0 Å². The van der Waals surface area contributed by atoms with Gasteiger partial charge in [-0.15, -0.1) is 0 Å². The maximum absolute atomic E-state index is 12.6. The first kappa shape index (κ1) is 15.3. The van der Waals surface area contributed by atoms with E-state index in [1.54, 1.807) is 0 Å². The Labute approximate surface area is 130 Å². The van der Waals surface area contributed by atoms with E-state index < -0.39 is 10.8 Å². The van der Waals surface area contributed by atoms with E-state index in [1.165, 1.54) is 0 Å². The van der Waals surface area contributed by atoms with Crippen molar-refractivity contribution in [1.82, 2.24) is 9.78 Å². The zero-order chi connectivity index (χ0) is 14.9. The zero-order valence-corrected chi connectivity index (χ0v) is 14.2. The van der Waals surface area contributed by atoms with Crippen molar-refractivity contribution in [2.75, 3.05) is 5.73 Å². The summed E-state index contributed by atoms with van der Waals surface area (Å²) in [6.07, 6.45) is 0. The maximum Gasteiger partial charge on any atom is 0.0739 e. The third kappa shape index (κ3) is 2.81. The first-order chi connectivity index (χ1) is 9.45. The summed E-state index contributed by atoms with van der Waals surface area (Å²) in [6, 6.07) is 5.54. The molecule has 0 saturated heterocycles. The van der Waals surface area contributed by atoms with E-state index in [0.717, 1.165) is 32.9 Å². The Balaban J connectivity index is 2.35. The molecule has 20 heavy (non-hydrogen) atoms. The lowest BCUT2D eigenvalue weighted by atomic mass is 10.2. The molecule has 1 atom stereocenters. The summed E-state index contributed by atoms with van der Waals surface area (Å²) >= 11 is 3.53. The Bertz CT molecular complexity index is 667. The first-order valence-corrected chi connectivity index (χ1v) is 8.52. The van der Waals surface area contributed by atoms with Crippen molar-refractivity contribution in [3.05, 3.63) is 39.6 Å². The molecular formula is C14H18BrN3OS. The van der Waals surface area contributed by atoms with Crippen LogP contribution in [-0.2, 0) is 23.1 Å². The molecule has 1 aromatic carbocycles. The van der Waals surface area contributed by atoms with Crippen LogP contribution in [0.15, 0.2) is 27.6 Å². The zero-order valence-electron chi connectivity index (χ0n) is 11.8. The standard InChI is InChI=1S/C14H18BrN3OS/c1-4-18-12(14(15)10(3)17-18)8-20(19)13-7-5-6-11(16)9(13)2/h5-7H,4,8,16H2,1-3H3. The molecule has 0 radical (unpaired) electrons. The van der Waals surface area contributed by atoms with Gasteiger partial charge in [0.2, 0.25) is 0 Å². The lowest BCUT2D eigenvalue weighted by molar-refractivity contribution is 0.626. The SMILES string of the molecule is CCn1nc(C)c(Br)c1CS(=O)c1cccc(N)c1C.